The molecular weight excluding hydrogens is 552 g/mol. The minimum Gasteiger partial charge on any atom is -0.489 e. The van der Waals surface area contributed by atoms with Crippen LogP contribution in [0.15, 0.2) is 42.7 Å². The number of aromatic nitrogens is 4. The van der Waals surface area contributed by atoms with E-state index in [0.29, 0.717) is 95.8 Å². The first-order valence-corrected chi connectivity index (χ1v) is 14.2. The van der Waals surface area contributed by atoms with E-state index in [1.165, 1.54) is 11.9 Å². The number of fused-ring (bicyclic) bond motifs is 1. The van der Waals surface area contributed by atoms with Gasteiger partial charge >= 0.3 is 0 Å². The van der Waals surface area contributed by atoms with Crippen molar-refractivity contribution in [3.63, 3.8) is 0 Å². The number of nitrogens with one attached hydrogen (secondary N) is 1. The maximum atomic E-state index is 15.8. The van der Waals surface area contributed by atoms with Gasteiger partial charge in [-0.2, -0.15) is 0 Å². The van der Waals surface area contributed by atoms with Crippen LogP contribution in [0.25, 0.3) is 33.4 Å². The third-order valence-electron chi connectivity index (χ3n) is 6.40. The molecule has 1 saturated heterocycles. The number of nitrogens with zero attached hydrogens (tertiary/aromatic N) is 5. The van der Waals surface area contributed by atoms with E-state index >= 15 is 4.39 Å². The number of methoxy groups -OCH3 is 1. The van der Waals surface area contributed by atoms with Crippen molar-refractivity contribution in [3.8, 4) is 28.3 Å². The first-order valence-electron chi connectivity index (χ1n) is 13.2. The number of hydrogen-bond acceptors (Lipinski definition) is 11. The SMILES string of the molecule is COCCOc1cc(-c2cccc(NSCCCF)c2F)cc2c(N3CCOCC3)nc(-c3cnc(N)nc3)nc12. The number of hydrogen-bond donors (Lipinski definition) is 2. The van der Waals surface area contributed by atoms with Gasteiger partial charge in [-0.25, -0.2) is 24.3 Å². The fraction of sp³-hybridized carbons (Fsp3) is 0.357. The summed E-state index contributed by atoms with van der Waals surface area (Å²) in [6.07, 6.45) is 3.54. The van der Waals surface area contributed by atoms with Gasteiger partial charge in [0.25, 0.3) is 0 Å². The molecule has 216 valence electrons. The second-order valence-corrected chi connectivity index (χ2v) is 10.1. The second-order valence-electron chi connectivity index (χ2n) is 9.17. The minimum atomic E-state index is -0.424. The minimum absolute atomic E-state index is 0.149. The van der Waals surface area contributed by atoms with Gasteiger partial charge in [0, 0.05) is 49.3 Å². The zero-order valence-electron chi connectivity index (χ0n) is 22.6. The zero-order valence-corrected chi connectivity index (χ0v) is 23.4. The summed E-state index contributed by atoms with van der Waals surface area (Å²) >= 11 is 1.26. The molecule has 0 spiro atoms. The van der Waals surface area contributed by atoms with E-state index in [1.54, 1.807) is 43.8 Å². The van der Waals surface area contributed by atoms with Crippen LogP contribution in [-0.4, -0.2) is 79.0 Å². The summed E-state index contributed by atoms with van der Waals surface area (Å²) < 4.78 is 48.2. The van der Waals surface area contributed by atoms with Crippen LogP contribution in [0.4, 0.5) is 26.2 Å². The normalized spacial score (nSPS) is 13.5. The lowest BCUT2D eigenvalue weighted by atomic mass is 10.0. The molecule has 0 amide bonds. The van der Waals surface area contributed by atoms with Crippen LogP contribution < -0.4 is 20.1 Å². The highest BCUT2D eigenvalue weighted by Gasteiger charge is 2.22. The highest BCUT2D eigenvalue weighted by atomic mass is 32.2. The average molecular weight is 584 g/mol. The van der Waals surface area contributed by atoms with Crippen LogP contribution in [0.3, 0.4) is 0 Å². The zero-order chi connectivity index (χ0) is 28.6. The van der Waals surface area contributed by atoms with E-state index in [1.807, 2.05) is 6.07 Å². The fourth-order valence-corrected chi connectivity index (χ4v) is 5.04. The van der Waals surface area contributed by atoms with Gasteiger partial charge in [-0.05, 0) is 30.2 Å². The number of halogens is 2. The Labute approximate surface area is 240 Å². The number of alkyl halides is 1. The molecule has 41 heavy (non-hydrogen) atoms. The van der Waals surface area contributed by atoms with E-state index in [2.05, 4.69) is 19.6 Å². The molecule has 0 bridgehead atoms. The molecule has 5 rings (SSSR count). The molecule has 0 saturated carbocycles. The quantitative estimate of drug-likeness (QED) is 0.177. The van der Waals surface area contributed by atoms with Crippen molar-refractivity contribution >= 4 is 40.3 Å². The van der Waals surface area contributed by atoms with Gasteiger partial charge in [0.1, 0.15) is 23.7 Å². The number of rotatable bonds is 12. The topological polar surface area (TPSA) is 121 Å². The standard InChI is InChI=1S/C28H31F2N7O3S/c1-38-11-12-40-23-15-18(20-4-2-5-22(24(20)30)36-41-13-3-6-29)14-21-25(23)34-26(19-16-32-28(31)33-17-19)35-27(21)37-7-9-39-10-8-37/h2,4-5,14-17,36H,3,6-13H2,1H3,(H2,31,32,33). The van der Waals surface area contributed by atoms with E-state index in [0.717, 1.165) is 0 Å². The van der Waals surface area contributed by atoms with Gasteiger partial charge in [0.05, 0.1) is 37.7 Å². The monoisotopic (exact) mass is 583 g/mol. The van der Waals surface area contributed by atoms with Crippen molar-refractivity contribution < 1.29 is 23.0 Å². The van der Waals surface area contributed by atoms with E-state index in [4.69, 9.17) is 29.9 Å². The number of ether oxygens (including phenoxy) is 3. The Morgan fingerprint density at radius 2 is 1.90 bits per heavy atom. The lowest BCUT2D eigenvalue weighted by Crippen LogP contribution is -2.37. The Hall–Kier alpha value is -3.81. The molecule has 0 aliphatic carbocycles. The molecule has 10 nitrogen and oxygen atoms in total. The number of benzene rings is 2. The molecule has 1 aliphatic rings. The Morgan fingerprint density at radius 1 is 1.10 bits per heavy atom. The summed E-state index contributed by atoms with van der Waals surface area (Å²) in [6, 6.07) is 8.79. The molecule has 2 aromatic carbocycles. The predicted octanol–water partition coefficient (Wildman–Crippen LogP) is 4.76. The summed E-state index contributed by atoms with van der Waals surface area (Å²) in [7, 11) is 1.59. The predicted molar refractivity (Wildman–Crippen MR) is 157 cm³/mol. The van der Waals surface area contributed by atoms with Gasteiger partial charge in [-0.1, -0.05) is 24.1 Å². The van der Waals surface area contributed by atoms with Crippen LogP contribution in [0.5, 0.6) is 5.75 Å². The van der Waals surface area contributed by atoms with Crippen LogP contribution in [0.2, 0.25) is 0 Å². The van der Waals surface area contributed by atoms with Crippen molar-refractivity contribution in [2.75, 3.05) is 74.4 Å². The first-order chi connectivity index (χ1) is 20.1. The summed E-state index contributed by atoms with van der Waals surface area (Å²) in [5.41, 5.74) is 8.15. The third-order valence-corrected chi connectivity index (χ3v) is 7.26. The molecule has 13 heteroatoms. The Balaban J connectivity index is 1.66. The van der Waals surface area contributed by atoms with Gasteiger partial charge in [-0.3, -0.25) is 4.39 Å². The Kier molecular flexibility index (Phi) is 9.59. The Morgan fingerprint density at radius 3 is 2.66 bits per heavy atom. The summed E-state index contributed by atoms with van der Waals surface area (Å²) in [6.45, 7) is 2.55. The maximum absolute atomic E-state index is 15.8. The molecule has 3 N–H and O–H groups in total. The molecule has 0 atom stereocenters. The number of nitrogen functional groups attached to an aromatic ring is 1. The third kappa shape index (κ3) is 6.75. The molecule has 0 radical (unpaired) electrons. The molecule has 0 unspecified atom stereocenters. The smallest absolute Gasteiger partial charge is 0.219 e. The Bertz CT molecular complexity index is 1470. The molecular formula is C28H31F2N7O3S. The van der Waals surface area contributed by atoms with Crippen molar-refractivity contribution in [1.82, 2.24) is 19.9 Å². The molecule has 1 fully saturated rings. The largest absolute Gasteiger partial charge is 0.489 e. The van der Waals surface area contributed by atoms with Crippen molar-refractivity contribution in [3.05, 3.63) is 48.5 Å². The summed E-state index contributed by atoms with van der Waals surface area (Å²) in [5, 5.41) is 0.701. The lowest BCUT2D eigenvalue weighted by molar-refractivity contribution is 0.122. The summed E-state index contributed by atoms with van der Waals surface area (Å²) in [4.78, 5) is 20.1. The van der Waals surface area contributed by atoms with Gasteiger partial charge in [0.15, 0.2) is 11.6 Å². The van der Waals surface area contributed by atoms with Crippen molar-refractivity contribution in [2.24, 2.45) is 0 Å². The second kappa shape index (κ2) is 13.7. The van der Waals surface area contributed by atoms with Crippen molar-refractivity contribution in [2.45, 2.75) is 6.42 Å². The first kappa shape index (κ1) is 28.7. The number of nitrogens with two attached hydrogens (primary N) is 1. The van der Waals surface area contributed by atoms with Crippen LogP contribution in [-0.2, 0) is 9.47 Å². The average Bonchev–Trinajstić information content (AvgIpc) is 3.00. The molecule has 3 heterocycles. The van der Waals surface area contributed by atoms with Crippen LogP contribution in [0.1, 0.15) is 6.42 Å². The van der Waals surface area contributed by atoms with Crippen molar-refractivity contribution in [1.29, 1.82) is 0 Å². The van der Waals surface area contributed by atoms with E-state index in [-0.39, 0.29) is 12.6 Å². The molecule has 1 aliphatic heterocycles. The maximum Gasteiger partial charge on any atom is 0.219 e. The highest BCUT2D eigenvalue weighted by molar-refractivity contribution is 8.00. The van der Waals surface area contributed by atoms with E-state index in [9.17, 15) is 4.39 Å². The van der Waals surface area contributed by atoms with E-state index < -0.39 is 12.5 Å². The number of morpholine rings is 1. The fourth-order valence-electron chi connectivity index (χ4n) is 4.37. The van der Waals surface area contributed by atoms with Gasteiger partial charge in [-0.15, -0.1) is 0 Å². The van der Waals surface area contributed by atoms with Gasteiger partial charge in [0.2, 0.25) is 5.95 Å². The summed E-state index contributed by atoms with van der Waals surface area (Å²) in [5.74, 6) is 1.78. The van der Waals surface area contributed by atoms with Gasteiger partial charge < -0.3 is 29.6 Å². The number of anilines is 3. The molecule has 4 aromatic rings. The lowest BCUT2D eigenvalue weighted by Gasteiger charge is -2.29. The van der Waals surface area contributed by atoms with Crippen LogP contribution >= 0.6 is 11.9 Å². The highest BCUT2D eigenvalue weighted by Crippen LogP contribution is 2.39. The molecule has 2 aromatic heterocycles. The van der Waals surface area contributed by atoms with Crippen LogP contribution in [0, 0.1) is 5.82 Å².